The van der Waals surface area contributed by atoms with E-state index in [1.807, 2.05) is 18.2 Å². The summed E-state index contributed by atoms with van der Waals surface area (Å²) in [7, 11) is 0. The number of rotatable bonds is 5. The van der Waals surface area contributed by atoms with Crippen molar-refractivity contribution >= 4 is 55.6 Å². The predicted molar refractivity (Wildman–Crippen MR) is 205 cm³/mol. The zero-order valence-electron chi connectivity index (χ0n) is 26.3. The standard InChI is InChI=1S/C46H30N2/c1-3-33-38-26-29(22-24-42(38)47(41(33)4-2)31-14-7-5-8-15-31)30-23-25-43-40(27-30)46-37-21-13-20-36-34-18-11-12-19-35(34)39(45(36)37)28-44(46)48(43)32-16-9-6-10-17-32/h3-28H,1-2H2. The molecule has 1 aliphatic rings. The van der Waals surface area contributed by atoms with Gasteiger partial charge >= 0.3 is 0 Å². The monoisotopic (exact) mass is 610 g/mol. The van der Waals surface area contributed by atoms with Gasteiger partial charge in [0.05, 0.1) is 22.2 Å². The summed E-state index contributed by atoms with van der Waals surface area (Å²) < 4.78 is 4.72. The molecule has 10 rings (SSSR count). The minimum absolute atomic E-state index is 1.05. The van der Waals surface area contributed by atoms with Crippen molar-refractivity contribution in [3.05, 3.63) is 170 Å². The first-order valence-corrected chi connectivity index (χ1v) is 16.4. The maximum atomic E-state index is 4.21. The third-order valence-corrected chi connectivity index (χ3v) is 10.2. The van der Waals surface area contributed by atoms with Crippen LogP contribution in [0.25, 0.3) is 100 Å². The SMILES string of the molecule is C=Cc1c(C=C)n(-c2ccccc2)c2ccc(-c3ccc4c(c3)c3c5cccc6c5c(cc3n4-c3ccccc3)-c3ccccc3-6)cc12. The highest BCUT2D eigenvalue weighted by Gasteiger charge is 2.25. The lowest BCUT2D eigenvalue weighted by Crippen LogP contribution is -1.96. The van der Waals surface area contributed by atoms with Crippen molar-refractivity contribution in [2.45, 2.75) is 0 Å². The average Bonchev–Trinajstić information content (AvgIpc) is 3.78. The number of para-hydroxylation sites is 2. The van der Waals surface area contributed by atoms with E-state index in [-0.39, 0.29) is 0 Å². The van der Waals surface area contributed by atoms with Crippen LogP contribution in [0.4, 0.5) is 0 Å². The van der Waals surface area contributed by atoms with E-state index in [1.54, 1.807) is 0 Å². The normalized spacial score (nSPS) is 11.9. The van der Waals surface area contributed by atoms with Crippen molar-refractivity contribution < 1.29 is 0 Å². The van der Waals surface area contributed by atoms with Crippen molar-refractivity contribution in [3.8, 4) is 44.8 Å². The Bertz CT molecular complexity index is 2790. The van der Waals surface area contributed by atoms with Gasteiger partial charge in [0.15, 0.2) is 0 Å². The van der Waals surface area contributed by atoms with Crippen LogP contribution in [0.2, 0.25) is 0 Å². The van der Waals surface area contributed by atoms with Crippen LogP contribution in [0.3, 0.4) is 0 Å². The Labute approximate surface area is 278 Å². The Balaban J connectivity index is 1.27. The van der Waals surface area contributed by atoms with Gasteiger partial charge in [-0.15, -0.1) is 0 Å². The highest BCUT2D eigenvalue weighted by atomic mass is 15.0. The minimum atomic E-state index is 1.05. The molecule has 0 atom stereocenters. The molecule has 0 saturated heterocycles. The van der Waals surface area contributed by atoms with E-state index >= 15 is 0 Å². The number of nitrogens with zero attached hydrogens (tertiary/aromatic N) is 2. The van der Waals surface area contributed by atoms with Gasteiger partial charge < -0.3 is 9.13 Å². The van der Waals surface area contributed by atoms with Crippen LogP contribution < -0.4 is 0 Å². The molecule has 2 heterocycles. The van der Waals surface area contributed by atoms with Crippen molar-refractivity contribution in [3.63, 3.8) is 0 Å². The fraction of sp³-hybridized carbons (Fsp3) is 0. The molecule has 2 nitrogen and oxygen atoms in total. The molecule has 0 saturated carbocycles. The Morgan fingerprint density at radius 3 is 1.65 bits per heavy atom. The molecule has 0 bridgehead atoms. The van der Waals surface area contributed by atoms with Gasteiger partial charge in [-0.25, -0.2) is 0 Å². The summed E-state index contributed by atoms with van der Waals surface area (Å²) in [5, 5.41) is 6.36. The van der Waals surface area contributed by atoms with Crippen LogP contribution in [-0.2, 0) is 0 Å². The van der Waals surface area contributed by atoms with Gasteiger partial charge in [0.25, 0.3) is 0 Å². The van der Waals surface area contributed by atoms with Gasteiger partial charge in [0.1, 0.15) is 0 Å². The van der Waals surface area contributed by atoms with Gasteiger partial charge in [0, 0.05) is 33.1 Å². The second-order valence-corrected chi connectivity index (χ2v) is 12.6. The summed E-state index contributed by atoms with van der Waals surface area (Å²) in [6.07, 6.45) is 3.90. The summed E-state index contributed by atoms with van der Waals surface area (Å²) >= 11 is 0. The maximum absolute atomic E-state index is 4.21. The molecule has 1 aliphatic carbocycles. The summed E-state index contributed by atoms with van der Waals surface area (Å²) in [5.74, 6) is 0. The lowest BCUT2D eigenvalue weighted by Gasteiger charge is -2.10. The van der Waals surface area contributed by atoms with E-state index in [1.165, 1.54) is 66.0 Å². The number of hydrogen-bond donors (Lipinski definition) is 0. The molecule has 0 unspecified atom stereocenters. The fourth-order valence-corrected chi connectivity index (χ4v) is 8.20. The third kappa shape index (κ3) is 3.57. The Morgan fingerprint density at radius 1 is 0.396 bits per heavy atom. The van der Waals surface area contributed by atoms with Gasteiger partial charge in [0.2, 0.25) is 0 Å². The number of benzene rings is 7. The first-order chi connectivity index (χ1) is 23.7. The average molecular weight is 611 g/mol. The van der Waals surface area contributed by atoms with E-state index in [0.717, 1.165) is 33.5 Å². The molecule has 0 fully saturated rings. The second-order valence-electron chi connectivity index (χ2n) is 12.6. The quantitative estimate of drug-likeness (QED) is 0.183. The van der Waals surface area contributed by atoms with Crippen LogP contribution >= 0.6 is 0 Å². The van der Waals surface area contributed by atoms with E-state index in [4.69, 9.17) is 0 Å². The zero-order chi connectivity index (χ0) is 31.9. The Morgan fingerprint density at radius 2 is 0.979 bits per heavy atom. The molecule has 224 valence electrons. The van der Waals surface area contributed by atoms with Gasteiger partial charge in [-0.2, -0.15) is 0 Å². The van der Waals surface area contributed by atoms with Crippen molar-refractivity contribution in [2.75, 3.05) is 0 Å². The zero-order valence-corrected chi connectivity index (χ0v) is 26.3. The van der Waals surface area contributed by atoms with E-state index in [2.05, 4.69) is 162 Å². The number of aromatic nitrogens is 2. The Hall–Kier alpha value is -6.38. The fourth-order valence-electron chi connectivity index (χ4n) is 8.20. The summed E-state index contributed by atoms with van der Waals surface area (Å²) in [5.41, 5.74) is 15.6. The Kier molecular flexibility index (Phi) is 5.62. The molecular weight excluding hydrogens is 581 g/mol. The molecule has 7 aromatic carbocycles. The molecular formula is C46H30N2. The highest BCUT2D eigenvalue weighted by molar-refractivity contribution is 6.29. The smallest absolute Gasteiger partial charge is 0.0553 e. The molecule has 0 N–H and O–H groups in total. The van der Waals surface area contributed by atoms with Crippen LogP contribution in [0.5, 0.6) is 0 Å². The van der Waals surface area contributed by atoms with Crippen LogP contribution in [0.1, 0.15) is 11.3 Å². The lowest BCUT2D eigenvalue weighted by atomic mass is 9.96. The molecule has 9 aromatic rings. The molecule has 0 aliphatic heterocycles. The molecule has 0 spiro atoms. The van der Waals surface area contributed by atoms with E-state index in [9.17, 15) is 0 Å². The third-order valence-electron chi connectivity index (χ3n) is 10.2. The minimum Gasteiger partial charge on any atom is -0.309 e. The van der Waals surface area contributed by atoms with Crippen LogP contribution in [0.15, 0.2) is 159 Å². The second kappa shape index (κ2) is 10.1. The number of hydrogen-bond acceptors (Lipinski definition) is 0. The van der Waals surface area contributed by atoms with Crippen LogP contribution in [0, 0.1) is 0 Å². The first kappa shape index (κ1) is 26.8. The van der Waals surface area contributed by atoms with Crippen molar-refractivity contribution in [2.24, 2.45) is 0 Å². The summed E-state index contributed by atoms with van der Waals surface area (Å²) in [6.45, 7) is 8.38. The predicted octanol–water partition coefficient (Wildman–Crippen LogP) is 12.5. The molecule has 0 amide bonds. The van der Waals surface area contributed by atoms with Gasteiger partial charge in [-0.05, 0) is 105 Å². The number of fused-ring (bicyclic) bond motifs is 8. The van der Waals surface area contributed by atoms with Gasteiger partial charge in [-0.1, -0.05) is 110 Å². The maximum Gasteiger partial charge on any atom is 0.0553 e. The molecule has 48 heavy (non-hydrogen) atoms. The van der Waals surface area contributed by atoms with Crippen LogP contribution in [-0.4, -0.2) is 9.13 Å². The molecule has 2 heteroatoms. The van der Waals surface area contributed by atoms with Gasteiger partial charge in [-0.3, -0.25) is 0 Å². The van der Waals surface area contributed by atoms with E-state index in [0.29, 0.717) is 0 Å². The van der Waals surface area contributed by atoms with Crippen molar-refractivity contribution in [1.29, 1.82) is 0 Å². The highest BCUT2D eigenvalue weighted by Crippen LogP contribution is 2.51. The first-order valence-electron chi connectivity index (χ1n) is 16.4. The van der Waals surface area contributed by atoms with E-state index < -0.39 is 0 Å². The van der Waals surface area contributed by atoms with Crippen molar-refractivity contribution in [1.82, 2.24) is 9.13 Å². The summed E-state index contributed by atoms with van der Waals surface area (Å²) in [6, 6.07) is 53.1. The topological polar surface area (TPSA) is 9.86 Å². The molecule has 2 aromatic heterocycles. The largest absolute Gasteiger partial charge is 0.309 e. The molecule has 0 radical (unpaired) electrons. The summed E-state index contributed by atoms with van der Waals surface area (Å²) in [4.78, 5) is 0. The lowest BCUT2D eigenvalue weighted by molar-refractivity contribution is 1.11.